The zero-order valence-electron chi connectivity index (χ0n) is 11.3. The monoisotopic (exact) mass is 266 g/mol. The van der Waals surface area contributed by atoms with Crippen molar-refractivity contribution in [1.29, 1.82) is 0 Å². The van der Waals surface area contributed by atoms with Crippen LogP contribution in [0.2, 0.25) is 0 Å². The van der Waals surface area contributed by atoms with Crippen molar-refractivity contribution in [1.82, 2.24) is 0 Å². The van der Waals surface area contributed by atoms with Crippen LogP contribution in [-0.4, -0.2) is 5.97 Å². The molecular formula is C17H14O3. The van der Waals surface area contributed by atoms with E-state index in [-0.39, 0.29) is 5.97 Å². The van der Waals surface area contributed by atoms with E-state index < -0.39 is 0 Å². The Labute approximate surface area is 117 Å². The minimum atomic E-state index is -0.351. The van der Waals surface area contributed by atoms with E-state index in [4.69, 9.17) is 9.15 Å². The predicted octanol–water partition coefficient (Wildman–Crippen LogP) is 3.88. The van der Waals surface area contributed by atoms with Gasteiger partial charge in [-0.1, -0.05) is 23.8 Å². The number of ether oxygens (including phenoxy) is 1. The van der Waals surface area contributed by atoms with Crippen LogP contribution in [0.25, 0.3) is 11.8 Å². The van der Waals surface area contributed by atoms with Crippen molar-refractivity contribution >= 4 is 17.8 Å². The largest absolute Gasteiger partial charge is 0.465 e. The van der Waals surface area contributed by atoms with Gasteiger partial charge >= 0.3 is 5.97 Å². The number of benzene rings is 1. The van der Waals surface area contributed by atoms with Gasteiger partial charge in [0, 0.05) is 5.56 Å². The third-order valence-electron chi connectivity index (χ3n) is 3.21. The fourth-order valence-corrected chi connectivity index (χ4v) is 2.24. The molecule has 3 heteroatoms. The number of carbonyl (C=O) groups excluding carboxylic acids is 1. The van der Waals surface area contributed by atoms with E-state index in [1.807, 2.05) is 26.0 Å². The van der Waals surface area contributed by atoms with Crippen molar-refractivity contribution in [2.24, 2.45) is 0 Å². The van der Waals surface area contributed by atoms with Crippen molar-refractivity contribution in [3.8, 4) is 0 Å². The summed E-state index contributed by atoms with van der Waals surface area (Å²) in [5.74, 6) is 0.872. The summed E-state index contributed by atoms with van der Waals surface area (Å²) in [5.41, 5.74) is 3.70. The van der Waals surface area contributed by atoms with Gasteiger partial charge in [-0.3, -0.25) is 0 Å². The van der Waals surface area contributed by atoms with Gasteiger partial charge in [0.15, 0.2) is 0 Å². The van der Waals surface area contributed by atoms with Crippen LogP contribution >= 0.6 is 0 Å². The minimum absolute atomic E-state index is 0.351. The van der Waals surface area contributed by atoms with E-state index in [2.05, 4.69) is 6.07 Å². The lowest BCUT2D eigenvalue weighted by Gasteiger charge is -2.06. The number of hydrogen-bond acceptors (Lipinski definition) is 3. The average molecular weight is 266 g/mol. The summed E-state index contributed by atoms with van der Waals surface area (Å²) in [6.45, 7) is 4.04. The van der Waals surface area contributed by atoms with Crippen molar-refractivity contribution in [2.75, 3.05) is 0 Å². The number of cyclic esters (lactones) is 1. The number of rotatable bonds is 2. The van der Waals surface area contributed by atoms with Crippen LogP contribution in [0.5, 0.6) is 0 Å². The second-order valence-electron chi connectivity index (χ2n) is 4.83. The smallest absolute Gasteiger partial charge is 0.343 e. The Morgan fingerprint density at radius 3 is 2.70 bits per heavy atom. The molecule has 0 spiro atoms. The van der Waals surface area contributed by atoms with Gasteiger partial charge in [-0.05, 0) is 43.7 Å². The SMILES string of the molecule is Cc1ccc(C2=CC(=Cc3ccco3)C(=O)O2)c(C)c1. The van der Waals surface area contributed by atoms with Gasteiger partial charge < -0.3 is 9.15 Å². The van der Waals surface area contributed by atoms with Crippen molar-refractivity contribution in [3.63, 3.8) is 0 Å². The van der Waals surface area contributed by atoms with E-state index in [0.29, 0.717) is 17.1 Å². The highest BCUT2D eigenvalue weighted by Crippen LogP contribution is 2.29. The van der Waals surface area contributed by atoms with Gasteiger partial charge in [0.1, 0.15) is 11.5 Å². The molecule has 2 aromatic rings. The summed E-state index contributed by atoms with van der Waals surface area (Å²) >= 11 is 0. The first-order valence-electron chi connectivity index (χ1n) is 6.40. The van der Waals surface area contributed by atoms with Crippen molar-refractivity contribution < 1.29 is 13.9 Å². The van der Waals surface area contributed by atoms with Gasteiger partial charge in [0.25, 0.3) is 0 Å². The number of esters is 1. The molecule has 0 amide bonds. The molecule has 0 radical (unpaired) electrons. The minimum Gasteiger partial charge on any atom is -0.465 e. The van der Waals surface area contributed by atoms with Crippen LogP contribution in [-0.2, 0) is 9.53 Å². The lowest BCUT2D eigenvalue weighted by Crippen LogP contribution is -1.98. The third-order valence-corrected chi connectivity index (χ3v) is 3.21. The Morgan fingerprint density at radius 2 is 2.00 bits per heavy atom. The molecule has 0 unspecified atom stereocenters. The zero-order chi connectivity index (χ0) is 14.1. The van der Waals surface area contributed by atoms with E-state index in [1.165, 1.54) is 5.56 Å². The van der Waals surface area contributed by atoms with Crippen LogP contribution in [0.15, 0.2) is 52.7 Å². The summed E-state index contributed by atoms with van der Waals surface area (Å²) in [5, 5.41) is 0. The van der Waals surface area contributed by atoms with Crippen LogP contribution in [0, 0.1) is 13.8 Å². The Balaban J connectivity index is 1.98. The van der Waals surface area contributed by atoms with E-state index in [9.17, 15) is 4.79 Å². The van der Waals surface area contributed by atoms with Crippen molar-refractivity contribution in [2.45, 2.75) is 13.8 Å². The summed E-state index contributed by atoms with van der Waals surface area (Å²) in [4.78, 5) is 11.9. The maximum atomic E-state index is 11.9. The molecule has 1 aliphatic rings. The molecule has 0 bridgehead atoms. The van der Waals surface area contributed by atoms with Crippen LogP contribution in [0.1, 0.15) is 22.5 Å². The highest BCUT2D eigenvalue weighted by Gasteiger charge is 2.23. The maximum absolute atomic E-state index is 11.9. The highest BCUT2D eigenvalue weighted by molar-refractivity contribution is 6.05. The fourth-order valence-electron chi connectivity index (χ4n) is 2.24. The molecule has 0 atom stereocenters. The van der Waals surface area contributed by atoms with E-state index in [0.717, 1.165) is 11.1 Å². The Kier molecular flexibility index (Phi) is 3.03. The van der Waals surface area contributed by atoms with Gasteiger partial charge in [0.05, 0.1) is 11.8 Å². The molecule has 0 saturated heterocycles. The quantitative estimate of drug-likeness (QED) is 0.611. The third kappa shape index (κ3) is 2.30. The molecule has 3 nitrogen and oxygen atoms in total. The van der Waals surface area contributed by atoms with Gasteiger partial charge in [-0.15, -0.1) is 0 Å². The Morgan fingerprint density at radius 1 is 1.15 bits per heavy atom. The fraction of sp³-hybridized carbons (Fsp3) is 0.118. The summed E-state index contributed by atoms with van der Waals surface area (Å²) in [6.07, 6.45) is 5.00. The van der Waals surface area contributed by atoms with Gasteiger partial charge in [0.2, 0.25) is 0 Å². The molecule has 3 rings (SSSR count). The van der Waals surface area contributed by atoms with Crippen LogP contribution in [0.4, 0.5) is 0 Å². The number of carbonyl (C=O) groups is 1. The Bertz CT molecular complexity index is 719. The summed E-state index contributed by atoms with van der Waals surface area (Å²) < 4.78 is 10.6. The molecule has 2 heterocycles. The molecule has 0 N–H and O–H groups in total. The topological polar surface area (TPSA) is 39.4 Å². The molecule has 0 aliphatic carbocycles. The van der Waals surface area contributed by atoms with Gasteiger partial charge in [-0.2, -0.15) is 0 Å². The first-order chi connectivity index (χ1) is 9.63. The Hall–Kier alpha value is -2.55. The second kappa shape index (κ2) is 4.85. The molecule has 0 saturated carbocycles. The van der Waals surface area contributed by atoms with E-state index in [1.54, 1.807) is 30.5 Å². The molecule has 0 fully saturated rings. The van der Waals surface area contributed by atoms with Crippen molar-refractivity contribution in [3.05, 3.63) is 70.7 Å². The maximum Gasteiger partial charge on any atom is 0.343 e. The number of aryl methyl sites for hydroxylation is 2. The van der Waals surface area contributed by atoms with Crippen LogP contribution < -0.4 is 0 Å². The normalized spacial score (nSPS) is 16.4. The highest BCUT2D eigenvalue weighted by atomic mass is 16.5. The molecule has 1 aromatic carbocycles. The summed E-state index contributed by atoms with van der Waals surface area (Å²) in [7, 11) is 0. The molecule has 1 aromatic heterocycles. The molecule has 20 heavy (non-hydrogen) atoms. The average Bonchev–Trinajstić information content (AvgIpc) is 3.01. The number of furan rings is 1. The molecule has 1 aliphatic heterocycles. The van der Waals surface area contributed by atoms with Crippen LogP contribution in [0.3, 0.4) is 0 Å². The van der Waals surface area contributed by atoms with Gasteiger partial charge in [-0.25, -0.2) is 4.79 Å². The lowest BCUT2D eigenvalue weighted by molar-refractivity contribution is -0.130. The lowest BCUT2D eigenvalue weighted by atomic mass is 10.0. The van der Waals surface area contributed by atoms with E-state index >= 15 is 0 Å². The second-order valence-corrected chi connectivity index (χ2v) is 4.83. The molecular weight excluding hydrogens is 252 g/mol. The zero-order valence-corrected chi connectivity index (χ0v) is 11.3. The predicted molar refractivity (Wildman–Crippen MR) is 76.7 cm³/mol. The number of hydrogen-bond donors (Lipinski definition) is 0. The summed E-state index contributed by atoms with van der Waals surface area (Å²) in [6, 6.07) is 9.62. The first kappa shape index (κ1) is 12.5. The standard InChI is InChI=1S/C17H14O3/c1-11-5-6-15(12(2)8-11)16-10-13(17(18)20-16)9-14-4-3-7-19-14/h3-10H,1-2H3. The first-order valence-corrected chi connectivity index (χ1v) is 6.40. The molecule has 100 valence electrons.